The van der Waals surface area contributed by atoms with Crippen LogP contribution in [0.2, 0.25) is 0 Å². The molecule has 16 heavy (non-hydrogen) atoms. The summed E-state index contributed by atoms with van der Waals surface area (Å²) in [6.45, 7) is 1.98. The highest BCUT2D eigenvalue weighted by atomic mass is 79.9. The van der Waals surface area contributed by atoms with Crippen LogP contribution in [0.5, 0.6) is 5.75 Å². The Morgan fingerprint density at radius 3 is 2.56 bits per heavy atom. The fourth-order valence-corrected chi connectivity index (χ4v) is 1.42. The molecule has 1 nitrogen and oxygen atoms in total. The normalized spacial score (nSPS) is 11.6. The summed E-state index contributed by atoms with van der Waals surface area (Å²) in [5.74, 6) is 0.600. The summed E-state index contributed by atoms with van der Waals surface area (Å²) < 4.78 is 41.7. The largest absolute Gasteiger partial charge is 0.494 e. The zero-order valence-electron chi connectivity index (χ0n) is 8.77. The molecule has 0 atom stereocenters. The highest BCUT2D eigenvalue weighted by molar-refractivity contribution is 9.10. The minimum atomic E-state index is -4.10. The SMILES string of the molecule is Cc1cc(OCCCC(F)(F)F)ccc1Br. The topological polar surface area (TPSA) is 9.23 Å². The van der Waals surface area contributed by atoms with Crippen molar-refractivity contribution in [3.8, 4) is 5.75 Å². The third-order valence-electron chi connectivity index (χ3n) is 2.00. The molecule has 0 aliphatic rings. The summed E-state index contributed by atoms with van der Waals surface area (Å²) in [6.07, 6.45) is -4.92. The predicted octanol–water partition coefficient (Wildman–Crippen LogP) is 4.48. The first kappa shape index (κ1) is 13.4. The Bertz CT molecular complexity index is 350. The van der Waals surface area contributed by atoms with Gasteiger partial charge in [-0.2, -0.15) is 13.2 Å². The lowest BCUT2D eigenvalue weighted by Gasteiger charge is -2.09. The van der Waals surface area contributed by atoms with Crippen molar-refractivity contribution in [2.45, 2.75) is 25.9 Å². The van der Waals surface area contributed by atoms with Gasteiger partial charge in [0.25, 0.3) is 0 Å². The Morgan fingerprint density at radius 1 is 1.31 bits per heavy atom. The summed E-state index contributed by atoms with van der Waals surface area (Å²) in [5.41, 5.74) is 0.994. The summed E-state index contributed by atoms with van der Waals surface area (Å²) in [7, 11) is 0. The van der Waals surface area contributed by atoms with Gasteiger partial charge in [-0.3, -0.25) is 0 Å². The average molecular weight is 297 g/mol. The van der Waals surface area contributed by atoms with Crippen LogP contribution in [0.4, 0.5) is 13.2 Å². The minimum Gasteiger partial charge on any atom is -0.494 e. The third-order valence-corrected chi connectivity index (χ3v) is 2.89. The number of hydrogen-bond acceptors (Lipinski definition) is 1. The van der Waals surface area contributed by atoms with E-state index in [-0.39, 0.29) is 13.0 Å². The van der Waals surface area contributed by atoms with Gasteiger partial charge in [0.05, 0.1) is 6.61 Å². The Kier molecular flexibility index (Phi) is 4.65. The molecule has 1 aromatic rings. The number of halogens is 4. The molecule has 0 saturated heterocycles. The van der Waals surface area contributed by atoms with Gasteiger partial charge in [0.1, 0.15) is 5.75 Å². The van der Waals surface area contributed by atoms with E-state index in [4.69, 9.17) is 4.74 Å². The van der Waals surface area contributed by atoms with Gasteiger partial charge in [0.2, 0.25) is 0 Å². The molecule has 0 saturated carbocycles. The first-order valence-electron chi connectivity index (χ1n) is 4.84. The lowest BCUT2D eigenvalue weighted by Crippen LogP contribution is -2.09. The number of ether oxygens (including phenoxy) is 1. The van der Waals surface area contributed by atoms with E-state index in [0.717, 1.165) is 10.0 Å². The highest BCUT2D eigenvalue weighted by Gasteiger charge is 2.26. The second-order valence-electron chi connectivity index (χ2n) is 3.48. The number of benzene rings is 1. The van der Waals surface area contributed by atoms with Crippen LogP contribution in [0.15, 0.2) is 22.7 Å². The molecule has 0 aromatic heterocycles. The molecule has 1 rings (SSSR count). The number of rotatable bonds is 4. The van der Waals surface area contributed by atoms with Gasteiger partial charge < -0.3 is 4.74 Å². The van der Waals surface area contributed by atoms with Gasteiger partial charge in [-0.05, 0) is 37.1 Å². The van der Waals surface area contributed by atoms with Crippen molar-refractivity contribution in [1.29, 1.82) is 0 Å². The Balaban J connectivity index is 2.35. The van der Waals surface area contributed by atoms with Crippen LogP contribution in [0.3, 0.4) is 0 Å². The smallest absolute Gasteiger partial charge is 0.389 e. The summed E-state index contributed by atoms with van der Waals surface area (Å²) >= 11 is 3.33. The third kappa shape index (κ3) is 4.88. The van der Waals surface area contributed by atoms with Gasteiger partial charge in [0, 0.05) is 10.9 Å². The number of alkyl halides is 3. The summed E-state index contributed by atoms with van der Waals surface area (Å²) in [6, 6.07) is 5.33. The minimum absolute atomic E-state index is 0.0153. The van der Waals surface area contributed by atoms with Crippen molar-refractivity contribution in [3.05, 3.63) is 28.2 Å². The molecule has 0 heterocycles. The van der Waals surface area contributed by atoms with Crippen LogP contribution in [0, 0.1) is 6.92 Å². The summed E-state index contributed by atoms with van der Waals surface area (Å²) in [4.78, 5) is 0. The van der Waals surface area contributed by atoms with Gasteiger partial charge in [-0.15, -0.1) is 0 Å². The first-order valence-corrected chi connectivity index (χ1v) is 5.63. The van der Waals surface area contributed by atoms with Gasteiger partial charge >= 0.3 is 6.18 Å². The van der Waals surface area contributed by atoms with E-state index in [2.05, 4.69) is 15.9 Å². The molecule has 0 spiro atoms. The number of aryl methyl sites for hydroxylation is 1. The Morgan fingerprint density at radius 2 is 2.00 bits per heavy atom. The molecule has 0 aliphatic carbocycles. The van der Waals surface area contributed by atoms with Crippen LogP contribution in [-0.4, -0.2) is 12.8 Å². The van der Waals surface area contributed by atoms with E-state index in [1.807, 2.05) is 13.0 Å². The van der Waals surface area contributed by atoms with Crippen LogP contribution in [0.25, 0.3) is 0 Å². The van der Waals surface area contributed by atoms with Crippen molar-refractivity contribution in [2.24, 2.45) is 0 Å². The molecule has 0 fully saturated rings. The van der Waals surface area contributed by atoms with Gasteiger partial charge in [0.15, 0.2) is 0 Å². The Labute approximate surface area is 101 Å². The second kappa shape index (κ2) is 5.57. The van der Waals surface area contributed by atoms with E-state index in [0.29, 0.717) is 5.75 Å². The van der Waals surface area contributed by atoms with Crippen molar-refractivity contribution < 1.29 is 17.9 Å². The monoisotopic (exact) mass is 296 g/mol. The van der Waals surface area contributed by atoms with Crippen molar-refractivity contribution in [2.75, 3.05) is 6.61 Å². The van der Waals surface area contributed by atoms with Crippen molar-refractivity contribution in [3.63, 3.8) is 0 Å². The molecule has 90 valence electrons. The predicted molar refractivity (Wildman–Crippen MR) is 59.7 cm³/mol. The highest BCUT2D eigenvalue weighted by Crippen LogP contribution is 2.23. The molecule has 1 aromatic carbocycles. The zero-order chi connectivity index (χ0) is 12.2. The van der Waals surface area contributed by atoms with Crippen LogP contribution in [-0.2, 0) is 0 Å². The first-order chi connectivity index (χ1) is 7.38. The lowest BCUT2D eigenvalue weighted by atomic mass is 10.2. The molecule has 5 heteroatoms. The number of hydrogen-bond donors (Lipinski definition) is 0. The fraction of sp³-hybridized carbons (Fsp3) is 0.455. The average Bonchev–Trinajstić information content (AvgIpc) is 2.17. The van der Waals surface area contributed by atoms with Gasteiger partial charge in [-0.1, -0.05) is 15.9 Å². The summed E-state index contributed by atoms with van der Waals surface area (Å²) in [5, 5.41) is 0. The van der Waals surface area contributed by atoms with Crippen molar-refractivity contribution in [1.82, 2.24) is 0 Å². The van der Waals surface area contributed by atoms with Gasteiger partial charge in [-0.25, -0.2) is 0 Å². The van der Waals surface area contributed by atoms with E-state index in [9.17, 15) is 13.2 Å². The van der Waals surface area contributed by atoms with Crippen LogP contribution < -0.4 is 4.74 Å². The van der Waals surface area contributed by atoms with E-state index in [1.165, 1.54) is 0 Å². The maximum atomic E-state index is 11.8. The quantitative estimate of drug-likeness (QED) is 0.745. The molecule has 0 radical (unpaired) electrons. The maximum Gasteiger partial charge on any atom is 0.389 e. The van der Waals surface area contributed by atoms with Crippen LogP contribution >= 0.6 is 15.9 Å². The lowest BCUT2D eigenvalue weighted by molar-refractivity contribution is -0.136. The van der Waals surface area contributed by atoms with Crippen molar-refractivity contribution >= 4 is 15.9 Å². The standard InChI is InChI=1S/C11H12BrF3O/c1-8-7-9(3-4-10(8)12)16-6-2-5-11(13,14)15/h3-4,7H,2,5-6H2,1H3. The molecular formula is C11H12BrF3O. The Hall–Kier alpha value is -0.710. The maximum absolute atomic E-state index is 11.8. The van der Waals surface area contributed by atoms with E-state index >= 15 is 0 Å². The fourth-order valence-electron chi connectivity index (χ4n) is 1.17. The molecule has 0 amide bonds. The molecular weight excluding hydrogens is 285 g/mol. The zero-order valence-corrected chi connectivity index (χ0v) is 10.4. The molecule has 0 N–H and O–H groups in total. The molecule has 0 unspecified atom stereocenters. The van der Waals surface area contributed by atoms with E-state index < -0.39 is 12.6 Å². The van der Waals surface area contributed by atoms with E-state index in [1.54, 1.807) is 12.1 Å². The molecule has 0 aliphatic heterocycles. The second-order valence-corrected chi connectivity index (χ2v) is 4.33. The molecule has 0 bridgehead atoms. The van der Waals surface area contributed by atoms with Crippen LogP contribution in [0.1, 0.15) is 18.4 Å².